The molecule has 2 N–H and O–H groups in total. The van der Waals surface area contributed by atoms with Crippen LogP contribution in [0, 0.1) is 12.8 Å². The number of unbranched alkanes of at least 4 members (excludes halogenated alkanes) is 1. The number of carbonyl (C=O) groups is 1. The fourth-order valence-corrected chi connectivity index (χ4v) is 2.15. The van der Waals surface area contributed by atoms with Crippen LogP contribution in [0.2, 0.25) is 0 Å². The molecule has 1 rings (SSSR count). The van der Waals surface area contributed by atoms with Gasteiger partial charge >= 0.3 is 0 Å². The molecule has 21 heavy (non-hydrogen) atoms. The number of benzene rings is 1. The third-order valence-electron chi connectivity index (χ3n) is 3.77. The van der Waals surface area contributed by atoms with Crippen molar-refractivity contribution in [3.63, 3.8) is 0 Å². The lowest BCUT2D eigenvalue weighted by Gasteiger charge is -2.14. The summed E-state index contributed by atoms with van der Waals surface area (Å²) in [5.41, 5.74) is 2.61. The average Bonchev–Trinajstić information content (AvgIpc) is 2.45. The Labute approximate surface area is 128 Å². The Morgan fingerprint density at radius 2 is 1.86 bits per heavy atom. The number of carbonyl (C=O) groups excluding carboxylic acids is 1. The van der Waals surface area contributed by atoms with Gasteiger partial charge in [-0.3, -0.25) is 4.79 Å². The van der Waals surface area contributed by atoms with Crippen LogP contribution in [0.5, 0.6) is 0 Å². The number of nitrogens with one attached hydrogen (secondary N) is 1. The van der Waals surface area contributed by atoms with Crippen LogP contribution in [0.1, 0.15) is 50.7 Å². The van der Waals surface area contributed by atoms with Gasteiger partial charge in [0.25, 0.3) is 0 Å². The van der Waals surface area contributed by atoms with Crippen molar-refractivity contribution in [3.05, 3.63) is 35.4 Å². The first-order valence-electron chi connectivity index (χ1n) is 7.99. The molecule has 0 spiro atoms. The van der Waals surface area contributed by atoms with Gasteiger partial charge in [0.15, 0.2) is 0 Å². The highest BCUT2D eigenvalue weighted by Crippen LogP contribution is 2.08. The summed E-state index contributed by atoms with van der Waals surface area (Å²) in [7, 11) is 0. The number of hydrogen-bond donors (Lipinski definition) is 2. The van der Waals surface area contributed by atoms with Crippen molar-refractivity contribution in [2.75, 3.05) is 6.54 Å². The highest BCUT2D eigenvalue weighted by Gasteiger charge is 2.09. The zero-order valence-electron chi connectivity index (χ0n) is 13.6. The molecule has 0 bridgehead atoms. The predicted octanol–water partition coefficient (Wildman–Crippen LogP) is 3.23. The smallest absolute Gasteiger partial charge is 0.219 e. The van der Waals surface area contributed by atoms with E-state index in [2.05, 4.69) is 36.5 Å². The van der Waals surface area contributed by atoms with Gasteiger partial charge in [-0.2, -0.15) is 0 Å². The Hall–Kier alpha value is -1.35. The van der Waals surface area contributed by atoms with Gasteiger partial charge in [0.05, 0.1) is 6.10 Å². The molecule has 0 heterocycles. The summed E-state index contributed by atoms with van der Waals surface area (Å²) in [6, 6.07) is 8.57. The molecular weight excluding hydrogens is 262 g/mol. The second-order valence-electron chi connectivity index (χ2n) is 6.14. The molecule has 3 heteroatoms. The van der Waals surface area contributed by atoms with Crippen molar-refractivity contribution in [1.82, 2.24) is 5.32 Å². The lowest BCUT2D eigenvalue weighted by Crippen LogP contribution is -2.28. The molecule has 3 nitrogen and oxygen atoms in total. The zero-order valence-corrected chi connectivity index (χ0v) is 13.6. The van der Waals surface area contributed by atoms with Crippen LogP contribution in [0.25, 0.3) is 0 Å². The maximum Gasteiger partial charge on any atom is 0.219 e. The second-order valence-corrected chi connectivity index (χ2v) is 6.14. The molecular formula is C18H29NO2. The molecule has 118 valence electrons. The Bertz CT molecular complexity index is 412. The van der Waals surface area contributed by atoms with Crippen molar-refractivity contribution in [3.8, 4) is 0 Å². The average molecular weight is 291 g/mol. The highest BCUT2D eigenvalue weighted by molar-refractivity contribution is 5.75. The van der Waals surface area contributed by atoms with E-state index in [1.807, 2.05) is 13.8 Å². The van der Waals surface area contributed by atoms with Crippen LogP contribution < -0.4 is 5.32 Å². The third-order valence-corrected chi connectivity index (χ3v) is 3.77. The minimum Gasteiger partial charge on any atom is -0.393 e. The van der Waals surface area contributed by atoms with E-state index in [0.717, 1.165) is 19.3 Å². The van der Waals surface area contributed by atoms with Gasteiger partial charge in [0.1, 0.15) is 0 Å². The summed E-state index contributed by atoms with van der Waals surface area (Å²) in [6.45, 7) is 6.62. The van der Waals surface area contributed by atoms with E-state index in [4.69, 9.17) is 0 Å². The van der Waals surface area contributed by atoms with Gasteiger partial charge in [-0.1, -0.05) is 43.7 Å². The van der Waals surface area contributed by atoms with Crippen molar-refractivity contribution < 1.29 is 9.90 Å². The summed E-state index contributed by atoms with van der Waals surface area (Å²) in [5.74, 6) is 0.339. The Morgan fingerprint density at radius 3 is 2.48 bits per heavy atom. The molecule has 0 saturated carbocycles. The Balaban J connectivity index is 2.07. The normalized spacial score (nSPS) is 12.4. The second kappa shape index (κ2) is 9.56. The fourth-order valence-electron chi connectivity index (χ4n) is 2.15. The standard InChI is InChI=1S/C18H29NO2/c1-14(2)17(20)12-13-19-18(21)7-5-4-6-16-10-8-15(3)9-11-16/h8-11,14,17,20H,4-7,12-13H2,1-3H3,(H,19,21)/t17-/m1/s1. The van der Waals surface area contributed by atoms with Gasteiger partial charge in [-0.05, 0) is 44.1 Å². The van der Waals surface area contributed by atoms with Crippen molar-refractivity contribution in [1.29, 1.82) is 0 Å². The largest absolute Gasteiger partial charge is 0.393 e. The van der Waals surface area contributed by atoms with Crippen LogP contribution in [-0.2, 0) is 11.2 Å². The number of aryl methyl sites for hydroxylation is 2. The molecule has 1 aromatic carbocycles. The molecule has 1 amide bonds. The third kappa shape index (κ3) is 7.86. The zero-order chi connectivity index (χ0) is 15.7. The van der Waals surface area contributed by atoms with Crippen LogP contribution in [0.15, 0.2) is 24.3 Å². The van der Waals surface area contributed by atoms with Crippen LogP contribution in [0.3, 0.4) is 0 Å². The first-order valence-corrected chi connectivity index (χ1v) is 7.99. The van der Waals surface area contributed by atoms with E-state index in [-0.39, 0.29) is 17.9 Å². The van der Waals surface area contributed by atoms with E-state index < -0.39 is 0 Å². The molecule has 0 aliphatic heterocycles. The Kier molecular flexibility index (Phi) is 8.06. The van der Waals surface area contributed by atoms with Crippen molar-refractivity contribution >= 4 is 5.91 Å². The number of aliphatic hydroxyl groups excluding tert-OH is 1. The number of aliphatic hydroxyl groups is 1. The quantitative estimate of drug-likeness (QED) is 0.686. The van der Waals surface area contributed by atoms with E-state index in [0.29, 0.717) is 19.4 Å². The number of amides is 1. The summed E-state index contributed by atoms with van der Waals surface area (Å²) >= 11 is 0. The number of hydrogen-bond acceptors (Lipinski definition) is 2. The highest BCUT2D eigenvalue weighted by atomic mass is 16.3. The predicted molar refractivity (Wildman–Crippen MR) is 87.2 cm³/mol. The molecule has 0 aliphatic rings. The van der Waals surface area contributed by atoms with E-state index in [9.17, 15) is 9.90 Å². The summed E-state index contributed by atoms with van der Waals surface area (Å²) in [5, 5.41) is 12.5. The summed E-state index contributed by atoms with van der Waals surface area (Å²) in [6.07, 6.45) is 3.85. The molecule has 0 fully saturated rings. The minimum absolute atomic E-state index is 0.0925. The van der Waals surface area contributed by atoms with Crippen LogP contribution in [0.4, 0.5) is 0 Å². The molecule has 0 aromatic heterocycles. The number of rotatable bonds is 9. The SMILES string of the molecule is Cc1ccc(CCCCC(=O)NCC[C@@H](O)C(C)C)cc1. The minimum atomic E-state index is -0.327. The lowest BCUT2D eigenvalue weighted by atomic mass is 10.0. The van der Waals surface area contributed by atoms with Gasteiger partial charge in [0.2, 0.25) is 5.91 Å². The molecule has 0 radical (unpaired) electrons. The lowest BCUT2D eigenvalue weighted by molar-refractivity contribution is -0.121. The van der Waals surface area contributed by atoms with E-state index in [1.165, 1.54) is 11.1 Å². The van der Waals surface area contributed by atoms with Gasteiger partial charge < -0.3 is 10.4 Å². The van der Waals surface area contributed by atoms with Gasteiger partial charge in [-0.15, -0.1) is 0 Å². The van der Waals surface area contributed by atoms with Gasteiger partial charge in [0, 0.05) is 13.0 Å². The summed E-state index contributed by atoms with van der Waals surface area (Å²) in [4.78, 5) is 11.7. The molecule has 0 aliphatic carbocycles. The topological polar surface area (TPSA) is 49.3 Å². The van der Waals surface area contributed by atoms with Crippen molar-refractivity contribution in [2.24, 2.45) is 5.92 Å². The maximum atomic E-state index is 11.7. The monoisotopic (exact) mass is 291 g/mol. The fraction of sp³-hybridized carbons (Fsp3) is 0.611. The van der Waals surface area contributed by atoms with Crippen LogP contribution in [-0.4, -0.2) is 23.7 Å². The summed E-state index contributed by atoms with van der Waals surface area (Å²) < 4.78 is 0. The maximum absolute atomic E-state index is 11.7. The first kappa shape index (κ1) is 17.7. The first-order chi connectivity index (χ1) is 9.99. The molecule has 0 saturated heterocycles. The van der Waals surface area contributed by atoms with E-state index in [1.54, 1.807) is 0 Å². The van der Waals surface area contributed by atoms with Crippen LogP contribution >= 0.6 is 0 Å². The van der Waals surface area contributed by atoms with E-state index >= 15 is 0 Å². The Morgan fingerprint density at radius 1 is 1.19 bits per heavy atom. The molecule has 1 aromatic rings. The van der Waals surface area contributed by atoms with Crippen molar-refractivity contribution in [2.45, 2.75) is 59.0 Å². The van der Waals surface area contributed by atoms with Gasteiger partial charge in [-0.25, -0.2) is 0 Å². The molecule has 0 unspecified atom stereocenters. The molecule has 1 atom stereocenters.